The monoisotopic (exact) mass is 346 g/mol. The Labute approximate surface area is 151 Å². The third kappa shape index (κ3) is 5.93. The van der Waals surface area contributed by atoms with Crippen LogP contribution in [0, 0.1) is 5.92 Å². The summed E-state index contributed by atoms with van der Waals surface area (Å²) in [5.41, 5.74) is 9.10. The van der Waals surface area contributed by atoms with Gasteiger partial charge in [-0.3, -0.25) is 0 Å². The van der Waals surface area contributed by atoms with Gasteiger partial charge in [0.25, 0.3) is 0 Å². The maximum absolute atomic E-state index is 12.3. The second-order valence-corrected chi connectivity index (χ2v) is 6.17. The molecule has 0 saturated carbocycles. The summed E-state index contributed by atoms with van der Waals surface area (Å²) in [6.07, 6.45) is 7.42. The summed E-state index contributed by atoms with van der Waals surface area (Å²) in [6, 6.07) is 0. The largest absolute Gasteiger partial charge is 0.465 e. The maximum Gasteiger partial charge on any atom is 0.359 e. The molecule has 0 saturated heterocycles. The van der Waals surface area contributed by atoms with E-state index in [4.69, 9.17) is 15.2 Å². The highest BCUT2D eigenvalue weighted by Gasteiger charge is 2.19. The topological polar surface area (TPSA) is 73.9 Å². The summed E-state index contributed by atoms with van der Waals surface area (Å²) in [7, 11) is 0. The number of nitrogens with two attached hydrogens (primary N) is 1. The van der Waals surface area contributed by atoms with Crippen molar-refractivity contribution in [3.8, 4) is 0 Å². The van der Waals surface area contributed by atoms with Gasteiger partial charge in [-0.05, 0) is 64.2 Å². The van der Waals surface area contributed by atoms with E-state index in [9.17, 15) is 4.79 Å². The lowest BCUT2D eigenvalue weighted by Gasteiger charge is -2.12. The van der Waals surface area contributed by atoms with Crippen molar-refractivity contribution in [2.24, 2.45) is 16.6 Å². The molecule has 5 nitrogen and oxygen atoms in total. The summed E-state index contributed by atoms with van der Waals surface area (Å²) < 4.78 is 10.8. The Morgan fingerprint density at radius 1 is 1.36 bits per heavy atom. The third-order valence-electron chi connectivity index (χ3n) is 4.14. The number of nitrogens with zero attached hydrogens (tertiary/aromatic N) is 1. The molecule has 5 heteroatoms. The minimum atomic E-state index is -0.510. The van der Waals surface area contributed by atoms with Crippen molar-refractivity contribution in [2.75, 3.05) is 6.61 Å². The number of ether oxygens (including phenoxy) is 2. The number of carbonyl (C=O) groups is 1. The van der Waals surface area contributed by atoms with E-state index in [1.54, 1.807) is 13.2 Å². The molecule has 1 rings (SSSR count). The van der Waals surface area contributed by atoms with Gasteiger partial charge < -0.3 is 15.2 Å². The van der Waals surface area contributed by atoms with Gasteiger partial charge in [0.1, 0.15) is 5.76 Å². The molecule has 0 aromatic carbocycles. The summed E-state index contributed by atoms with van der Waals surface area (Å²) in [5, 5.41) is 0. The fraction of sp³-hybridized carbons (Fsp3) is 0.500. The highest BCUT2D eigenvalue weighted by atomic mass is 16.5. The molecule has 0 fully saturated rings. The predicted molar refractivity (Wildman–Crippen MR) is 102 cm³/mol. The zero-order chi connectivity index (χ0) is 19.0. The highest BCUT2D eigenvalue weighted by molar-refractivity contribution is 6.43. The van der Waals surface area contributed by atoms with Crippen molar-refractivity contribution in [1.29, 1.82) is 0 Å². The Kier molecular flexibility index (Phi) is 8.19. The lowest BCUT2D eigenvalue weighted by molar-refractivity contribution is -0.134. The second kappa shape index (κ2) is 9.87. The van der Waals surface area contributed by atoms with Crippen molar-refractivity contribution >= 4 is 11.7 Å². The van der Waals surface area contributed by atoms with Gasteiger partial charge in [0.15, 0.2) is 5.71 Å². The van der Waals surface area contributed by atoms with Crippen LogP contribution in [0.25, 0.3) is 0 Å². The SMILES string of the molecule is CCOC(=O)C(=N\C(C)=C(/C)C1=CC(C)CC=CO1)/C(N)=C(\C)CC. The van der Waals surface area contributed by atoms with E-state index in [0.717, 1.165) is 29.7 Å². The van der Waals surface area contributed by atoms with E-state index in [-0.39, 0.29) is 12.3 Å². The normalized spacial score (nSPS) is 20.0. The van der Waals surface area contributed by atoms with Crippen LogP contribution in [0.15, 0.2) is 51.7 Å². The van der Waals surface area contributed by atoms with Crippen LogP contribution < -0.4 is 5.73 Å². The zero-order valence-electron chi connectivity index (χ0n) is 16.2. The molecule has 0 bridgehead atoms. The highest BCUT2D eigenvalue weighted by Crippen LogP contribution is 2.23. The van der Waals surface area contributed by atoms with E-state index in [0.29, 0.717) is 17.3 Å². The van der Waals surface area contributed by atoms with Crippen LogP contribution in [0.5, 0.6) is 0 Å². The molecule has 1 heterocycles. The molecule has 1 atom stereocenters. The Morgan fingerprint density at radius 3 is 2.64 bits per heavy atom. The van der Waals surface area contributed by atoms with Gasteiger partial charge in [-0.2, -0.15) is 0 Å². The van der Waals surface area contributed by atoms with Gasteiger partial charge >= 0.3 is 5.97 Å². The lowest BCUT2D eigenvalue weighted by Crippen LogP contribution is -2.25. The molecule has 0 radical (unpaired) electrons. The standard InChI is InChI=1S/C20H30N2O3/c1-7-14(4)18(21)19(20(23)24-8-2)22-16(6)15(5)17-12-13(3)10-9-11-25-17/h9,11-13H,7-8,10,21H2,1-6H3/b16-15+,18-14-,22-19-. The minimum Gasteiger partial charge on any atom is -0.465 e. The van der Waals surface area contributed by atoms with Gasteiger partial charge in [0, 0.05) is 11.3 Å². The number of hydrogen-bond acceptors (Lipinski definition) is 5. The van der Waals surface area contributed by atoms with Crippen LogP contribution in [0.1, 0.15) is 54.4 Å². The number of hydrogen-bond donors (Lipinski definition) is 1. The molecule has 2 N–H and O–H groups in total. The zero-order valence-corrected chi connectivity index (χ0v) is 16.2. The van der Waals surface area contributed by atoms with Crippen molar-refractivity contribution < 1.29 is 14.3 Å². The predicted octanol–water partition coefficient (Wildman–Crippen LogP) is 4.38. The third-order valence-corrected chi connectivity index (χ3v) is 4.14. The van der Waals surface area contributed by atoms with Crippen LogP contribution in [-0.4, -0.2) is 18.3 Å². The van der Waals surface area contributed by atoms with Gasteiger partial charge in [-0.15, -0.1) is 0 Å². The Morgan fingerprint density at radius 2 is 2.04 bits per heavy atom. The van der Waals surface area contributed by atoms with Crippen LogP contribution >= 0.6 is 0 Å². The Bertz CT molecular complexity index is 652. The molecule has 25 heavy (non-hydrogen) atoms. The van der Waals surface area contributed by atoms with Gasteiger partial charge in [0.05, 0.1) is 18.6 Å². The molecule has 0 aliphatic carbocycles. The van der Waals surface area contributed by atoms with Crippen LogP contribution in [-0.2, 0) is 14.3 Å². The first-order valence-electron chi connectivity index (χ1n) is 8.74. The summed E-state index contributed by atoms with van der Waals surface area (Å²) in [6.45, 7) is 11.8. The fourth-order valence-corrected chi connectivity index (χ4v) is 2.21. The first-order chi connectivity index (χ1) is 11.8. The molecular formula is C20H30N2O3. The molecule has 0 spiro atoms. The number of esters is 1. The summed E-state index contributed by atoms with van der Waals surface area (Å²) >= 11 is 0. The van der Waals surface area contributed by atoms with Gasteiger partial charge in [-0.1, -0.05) is 13.8 Å². The lowest BCUT2D eigenvalue weighted by atomic mass is 10.0. The van der Waals surface area contributed by atoms with Crippen LogP contribution in [0.2, 0.25) is 0 Å². The molecule has 0 aromatic heterocycles. The Hall–Kier alpha value is -2.30. The van der Waals surface area contributed by atoms with Crippen LogP contribution in [0.4, 0.5) is 0 Å². The average molecular weight is 346 g/mol. The van der Waals surface area contributed by atoms with E-state index >= 15 is 0 Å². The minimum absolute atomic E-state index is 0.149. The first kappa shape index (κ1) is 20.7. The second-order valence-electron chi connectivity index (χ2n) is 6.17. The van der Waals surface area contributed by atoms with E-state index in [1.165, 1.54) is 0 Å². The van der Waals surface area contributed by atoms with Crippen molar-refractivity contribution in [2.45, 2.75) is 54.4 Å². The van der Waals surface area contributed by atoms with Gasteiger partial charge in [0.2, 0.25) is 0 Å². The number of aliphatic imine (C=N–C) groups is 1. The molecule has 1 aliphatic heterocycles. The Balaban J connectivity index is 3.34. The fourth-order valence-electron chi connectivity index (χ4n) is 2.21. The van der Waals surface area contributed by atoms with E-state index in [1.807, 2.05) is 33.8 Å². The molecule has 138 valence electrons. The van der Waals surface area contributed by atoms with Crippen molar-refractivity contribution in [1.82, 2.24) is 0 Å². The molecule has 1 unspecified atom stereocenters. The van der Waals surface area contributed by atoms with E-state index in [2.05, 4.69) is 18.0 Å². The van der Waals surface area contributed by atoms with Crippen molar-refractivity contribution in [3.05, 3.63) is 46.7 Å². The number of rotatable bonds is 6. The maximum atomic E-state index is 12.3. The molecule has 0 aromatic rings. The van der Waals surface area contributed by atoms with E-state index < -0.39 is 5.97 Å². The summed E-state index contributed by atoms with van der Waals surface area (Å²) in [4.78, 5) is 16.8. The smallest absolute Gasteiger partial charge is 0.359 e. The number of allylic oxidation sites excluding steroid dienone is 5. The molecule has 1 aliphatic rings. The average Bonchev–Trinajstić information content (AvgIpc) is 2.81. The number of carbonyl (C=O) groups excluding carboxylic acids is 1. The van der Waals surface area contributed by atoms with Gasteiger partial charge in [-0.25, -0.2) is 9.79 Å². The quantitative estimate of drug-likeness (QED) is 0.572. The summed E-state index contributed by atoms with van der Waals surface area (Å²) in [5.74, 6) is 0.613. The molecular weight excluding hydrogens is 316 g/mol. The van der Waals surface area contributed by atoms with Crippen LogP contribution in [0.3, 0.4) is 0 Å². The first-order valence-corrected chi connectivity index (χ1v) is 8.74. The molecule has 0 amide bonds. The van der Waals surface area contributed by atoms with Crippen molar-refractivity contribution in [3.63, 3.8) is 0 Å².